The fourth-order valence-corrected chi connectivity index (χ4v) is 3.66. The van der Waals surface area contributed by atoms with Gasteiger partial charge in [0.1, 0.15) is 5.75 Å². The number of aromatic hydroxyl groups is 1. The Morgan fingerprint density at radius 3 is 2.25 bits per heavy atom. The first-order chi connectivity index (χ1) is 11.6. The van der Waals surface area contributed by atoms with Crippen molar-refractivity contribution >= 4 is 0 Å². The number of piperidine rings is 1. The molecule has 1 saturated heterocycles. The van der Waals surface area contributed by atoms with Gasteiger partial charge in [-0.2, -0.15) is 0 Å². The molecule has 0 radical (unpaired) electrons. The van der Waals surface area contributed by atoms with Crippen molar-refractivity contribution in [3.63, 3.8) is 0 Å². The van der Waals surface area contributed by atoms with Gasteiger partial charge in [0.05, 0.1) is 6.10 Å². The maximum atomic E-state index is 10.6. The molecule has 2 N–H and O–H groups in total. The van der Waals surface area contributed by atoms with Gasteiger partial charge in [0.25, 0.3) is 0 Å². The van der Waals surface area contributed by atoms with Gasteiger partial charge >= 0.3 is 0 Å². The predicted octanol–water partition coefficient (Wildman–Crippen LogP) is 3.77. The topological polar surface area (TPSA) is 43.7 Å². The number of phenols is 1. The first kappa shape index (κ1) is 17.0. The van der Waals surface area contributed by atoms with E-state index in [2.05, 4.69) is 42.2 Å². The molecule has 0 aliphatic carbocycles. The van der Waals surface area contributed by atoms with E-state index in [1.807, 2.05) is 0 Å². The summed E-state index contributed by atoms with van der Waals surface area (Å²) >= 11 is 0. The Morgan fingerprint density at radius 2 is 1.62 bits per heavy atom. The van der Waals surface area contributed by atoms with Crippen LogP contribution in [-0.4, -0.2) is 34.2 Å². The van der Waals surface area contributed by atoms with Crippen LogP contribution in [0, 0.1) is 5.92 Å². The summed E-state index contributed by atoms with van der Waals surface area (Å²) in [6, 6.07) is 17.7. The molecule has 1 aliphatic heterocycles. The van der Waals surface area contributed by atoms with Gasteiger partial charge < -0.3 is 10.2 Å². The molecule has 1 aliphatic rings. The van der Waals surface area contributed by atoms with Crippen LogP contribution in [-0.2, 0) is 6.42 Å². The maximum absolute atomic E-state index is 10.6. The van der Waals surface area contributed by atoms with Crippen LogP contribution in [0.3, 0.4) is 0 Å². The summed E-state index contributed by atoms with van der Waals surface area (Å²) < 4.78 is 0. The molecule has 128 valence electrons. The van der Waals surface area contributed by atoms with Crippen molar-refractivity contribution in [2.24, 2.45) is 5.92 Å². The second-order valence-corrected chi connectivity index (χ2v) is 6.95. The van der Waals surface area contributed by atoms with Gasteiger partial charge in [0, 0.05) is 6.04 Å². The molecule has 2 atom stereocenters. The number of rotatable bonds is 5. The second-order valence-electron chi connectivity index (χ2n) is 6.95. The fraction of sp³-hybridized carbons (Fsp3) is 0.429. The summed E-state index contributed by atoms with van der Waals surface area (Å²) in [5.41, 5.74) is 2.29. The highest BCUT2D eigenvalue weighted by atomic mass is 16.3. The van der Waals surface area contributed by atoms with Crippen LogP contribution < -0.4 is 0 Å². The average Bonchev–Trinajstić information content (AvgIpc) is 2.63. The minimum atomic E-state index is -0.517. The lowest BCUT2D eigenvalue weighted by atomic mass is 9.89. The lowest BCUT2D eigenvalue weighted by molar-refractivity contribution is 0.0373. The van der Waals surface area contributed by atoms with Crippen molar-refractivity contribution in [1.82, 2.24) is 4.90 Å². The van der Waals surface area contributed by atoms with Crippen LogP contribution >= 0.6 is 0 Å². The van der Waals surface area contributed by atoms with Crippen molar-refractivity contribution in [1.29, 1.82) is 0 Å². The van der Waals surface area contributed by atoms with Gasteiger partial charge in [-0.05, 0) is 68.5 Å². The summed E-state index contributed by atoms with van der Waals surface area (Å²) in [6.07, 6.45) is 3.00. The van der Waals surface area contributed by atoms with E-state index in [1.165, 1.54) is 18.4 Å². The normalized spacial score (nSPS) is 19.1. The predicted molar refractivity (Wildman–Crippen MR) is 97.0 cm³/mol. The van der Waals surface area contributed by atoms with E-state index in [0.29, 0.717) is 0 Å². The largest absolute Gasteiger partial charge is 0.508 e. The third-order valence-corrected chi connectivity index (χ3v) is 5.28. The molecule has 2 aromatic rings. The molecule has 3 heteroatoms. The van der Waals surface area contributed by atoms with E-state index in [0.717, 1.165) is 31.0 Å². The third-order valence-electron chi connectivity index (χ3n) is 5.28. The molecule has 24 heavy (non-hydrogen) atoms. The fourth-order valence-electron chi connectivity index (χ4n) is 3.66. The minimum absolute atomic E-state index is 0.0900. The van der Waals surface area contributed by atoms with E-state index < -0.39 is 6.10 Å². The van der Waals surface area contributed by atoms with Crippen LogP contribution in [0.4, 0.5) is 0 Å². The summed E-state index contributed by atoms with van der Waals surface area (Å²) in [5, 5.41) is 20.0. The molecule has 0 saturated carbocycles. The quantitative estimate of drug-likeness (QED) is 0.879. The molecule has 0 amide bonds. The number of aliphatic hydroxyl groups excluding tert-OH is 1. The van der Waals surface area contributed by atoms with E-state index in [9.17, 15) is 10.2 Å². The summed E-state index contributed by atoms with van der Waals surface area (Å²) in [7, 11) is 0. The number of hydrogen-bond acceptors (Lipinski definition) is 3. The second kappa shape index (κ2) is 7.82. The van der Waals surface area contributed by atoms with Gasteiger partial charge in [-0.25, -0.2) is 0 Å². The molecule has 0 spiro atoms. The lowest BCUT2D eigenvalue weighted by Crippen LogP contribution is -2.43. The molecule has 3 nitrogen and oxygen atoms in total. The Balaban J connectivity index is 1.53. The van der Waals surface area contributed by atoms with Crippen molar-refractivity contribution in [2.45, 2.75) is 38.3 Å². The van der Waals surface area contributed by atoms with Crippen LogP contribution in [0.5, 0.6) is 5.75 Å². The molecule has 1 unspecified atom stereocenters. The molecule has 1 fully saturated rings. The summed E-state index contributed by atoms with van der Waals surface area (Å²) in [6.45, 7) is 4.16. The third kappa shape index (κ3) is 4.16. The lowest BCUT2D eigenvalue weighted by Gasteiger charge is -2.38. The van der Waals surface area contributed by atoms with E-state index >= 15 is 0 Å². The molecular weight excluding hydrogens is 298 g/mol. The van der Waals surface area contributed by atoms with Crippen molar-refractivity contribution in [3.8, 4) is 5.75 Å². The smallest absolute Gasteiger partial charge is 0.115 e. The molecule has 0 aromatic heterocycles. The maximum Gasteiger partial charge on any atom is 0.115 e. The minimum Gasteiger partial charge on any atom is -0.508 e. The zero-order valence-corrected chi connectivity index (χ0v) is 14.3. The van der Waals surface area contributed by atoms with Crippen molar-refractivity contribution in [3.05, 3.63) is 65.7 Å². The van der Waals surface area contributed by atoms with E-state index in [1.54, 1.807) is 24.3 Å². The first-order valence-electron chi connectivity index (χ1n) is 8.88. The Labute approximate surface area is 144 Å². The van der Waals surface area contributed by atoms with Crippen LogP contribution in [0.2, 0.25) is 0 Å². The Bertz CT molecular complexity index is 618. The molecule has 0 bridgehead atoms. The number of nitrogens with zero attached hydrogens (tertiary/aromatic N) is 1. The van der Waals surface area contributed by atoms with Crippen molar-refractivity contribution in [2.75, 3.05) is 13.1 Å². The highest BCUT2D eigenvalue weighted by Crippen LogP contribution is 2.28. The molecule has 2 aromatic carbocycles. The van der Waals surface area contributed by atoms with Gasteiger partial charge in [-0.3, -0.25) is 4.90 Å². The number of aliphatic hydroxyl groups is 1. The standard InChI is InChI=1S/C21H27NO2/c1-16(21(24)19-7-9-20(23)10-8-19)22-13-11-18(12-14-22)15-17-5-3-2-4-6-17/h2-10,16,18,21,23-24H,11-15H2,1H3/t16?,21-/m0/s1. The highest BCUT2D eigenvalue weighted by molar-refractivity contribution is 5.28. The first-order valence-corrected chi connectivity index (χ1v) is 8.88. The van der Waals surface area contributed by atoms with E-state index in [4.69, 9.17) is 0 Å². The SMILES string of the molecule is CC([C@H](O)c1ccc(O)cc1)N1CCC(Cc2ccccc2)CC1. The van der Waals surface area contributed by atoms with Gasteiger partial charge in [-0.15, -0.1) is 0 Å². The Hall–Kier alpha value is -1.84. The van der Waals surface area contributed by atoms with E-state index in [-0.39, 0.29) is 11.8 Å². The monoisotopic (exact) mass is 325 g/mol. The molecular formula is C21H27NO2. The zero-order valence-electron chi connectivity index (χ0n) is 14.3. The zero-order chi connectivity index (χ0) is 16.9. The molecule has 1 heterocycles. The highest BCUT2D eigenvalue weighted by Gasteiger charge is 2.27. The van der Waals surface area contributed by atoms with Crippen LogP contribution in [0.1, 0.15) is 37.0 Å². The summed E-state index contributed by atoms with van der Waals surface area (Å²) in [5.74, 6) is 0.974. The molecule has 3 rings (SSSR count). The van der Waals surface area contributed by atoms with Crippen molar-refractivity contribution < 1.29 is 10.2 Å². The number of hydrogen-bond donors (Lipinski definition) is 2. The Kier molecular flexibility index (Phi) is 5.54. The van der Waals surface area contributed by atoms with Gasteiger partial charge in [0.2, 0.25) is 0 Å². The summed E-state index contributed by atoms with van der Waals surface area (Å²) in [4.78, 5) is 2.39. The number of benzene rings is 2. The van der Waals surface area contributed by atoms with Gasteiger partial charge in [0.15, 0.2) is 0 Å². The van der Waals surface area contributed by atoms with Crippen LogP contribution in [0.25, 0.3) is 0 Å². The van der Waals surface area contributed by atoms with Gasteiger partial charge in [-0.1, -0.05) is 42.5 Å². The number of likely N-dealkylation sites (tertiary alicyclic amines) is 1. The average molecular weight is 325 g/mol. The number of phenolic OH excluding ortho intramolecular Hbond substituents is 1. The Morgan fingerprint density at radius 1 is 1.00 bits per heavy atom. The van der Waals surface area contributed by atoms with Crippen LogP contribution in [0.15, 0.2) is 54.6 Å².